The quantitative estimate of drug-likeness (QED) is 0.785. The van der Waals surface area contributed by atoms with Gasteiger partial charge in [0.15, 0.2) is 6.23 Å². The first-order valence-electron chi connectivity index (χ1n) is 7.58. The summed E-state index contributed by atoms with van der Waals surface area (Å²) in [6.45, 7) is 2.32. The van der Waals surface area contributed by atoms with Crippen LogP contribution in [0.2, 0.25) is 5.02 Å². The fourth-order valence-corrected chi connectivity index (χ4v) is 2.76. The van der Waals surface area contributed by atoms with Gasteiger partial charge in [0.05, 0.1) is 13.0 Å². The van der Waals surface area contributed by atoms with Gasteiger partial charge in [-0.15, -0.1) is 0 Å². The number of rotatable bonds is 4. The van der Waals surface area contributed by atoms with Gasteiger partial charge in [-0.05, 0) is 31.9 Å². The normalized spacial score (nSPS) is 17.7. The van der Waals surface area contributed by atoms with Crippen LogP contribution in [-0.2, 0) is 20.7 Å². The van der Waals surface area contributed by atoms with E-state index in [1.165, 1.54) is 23.1 Å². The van der Waals surface area contributed by atoms with Crippen LogP contribution in [0.3, 0.4) is 0 Å². The first kappa shape index (κ1) is 17.5. The number of amides is 1. The van der Waals surface area contributed by atoms with E-state index in [-0.39, 0.29) is 29.5 Å². The van der Waals surface area contributed by atoms with E-state index in [1.807, 2.05) is 0 Å². The van der Waals surface area contributed by atoms with E-state index in [2.05, 4.69) is 0 Å². The summed E-state index contributed by atoms with van der Waals surface area (Å²) in [5.74, 6) is -0.850. The van der Waals surface area contributed by atoms with Crippen molar-refractivity contribution in [1.29, 1.82) is 0 Å². The number of piperidine rings is 1. The SMILES string of the molecule is CCOC(=O)OC1CCCCN1C(=O)Cc1c(F)cccc1Cl. The summed E-state index contributed by atoms with van der Waals surface area (Å²) in [5, 5.41) is 0.207. The highest BCUT2D eigenvalue weighted by Gasteiger charge is 2.30. The van der Waals surface area contributed by atoms with Gasteiger partial charge in [0.1, 0.15) is 5.82 Å². The highest BCUT2D eigenvalue weighted by Crippen LogP contribution is 2.23. The predicted octanol–water partition coefficient (Wildman–Crippen LogP) is 3.53. The standard InChI is InChI=1S/C16H19ClFNO4/c1-2-22-16(21)23-15-8-3-4-9-19(15)14(20)10-11-12(17)6-5-7-13(11)18/h5-7,15H,2-4,8-10H2,1H3. The van der Waals surface area contributed by atoms with Crippen LogP contribution in [0, 0.1) is 5.82 Å². The van der Waals surface area contributed by atoms with Crippen LogP contribution in [0.5, 0.6) is 0 Å². The van der Waals surface area contributed by atoms with Crippen LogP contribution in [-0.4, -0.2) is 36.3 Å². The van der Waals surface area contributed by atoms with Crippen LogP contribution in [0.1, 0.15) is 31.7 Å². The topological polar surface area (TPSA) is 55.8 Å². The van der Waals surface area contributed by atoms with Crippen molar-refractivity contribution in [1.82, 2.24) is 4.90 Å². The zero-order chi connectivity index (χ0) is 16.8. The van der Waals surface area contributed by atoms with Crippen molar-refractivity contribution >= 4 is 23.7 Å². The third-order valence-corrected chi connectivity index (χ3v) is 4.01. The molecule has 126 valence electrons. The maximum atomic E-state index is 13.8. The molecule has 2 rings (SSSR count). The molecule has 7 heteroatoms. The van der Waals surface area contributed by atoms with Gasteiger partial charge >= 0.3 is 6.16 Å². The first-order chi connectivity index (χ1) is 11.0. The van der Waals surface area contributed by atoms with Gasteiger partial charge in [-0.2, -0.15) is 0 Å². The van der Waals surface area contributed by atoms with Gasteiger partial charge in [0.2, 0.25) is 5.91 Å². The molecular weight excluding hydrogens is 325 g/mol. The number of benzene rings is 1. The van der Waals surface area contributed by atoms with Crippen molar-refractivity contribution < 1.29 is 23.5 Å². The molecule has 1 fully saturated rings. The fraction of sp³-hybridized carbons (Fsp3) is 0.500. The van der Waals surface area contributed by atoms with E-state index >= 15 is 0 Å². The Balaban J connectivity index is 2.07. The Morgan fingerprint density at radius 1 is 1.39 bits per heavy atom. The minimum absolute atomic E-state index is 0.152. The Bertz CT molecular complexity index is 561. The highest BCUT2D eigenvalue weighted by molar-refractivity contribution is 6.31. The van der Waals surface area contributed by atoms with Crippen LogP contribution in [0.25, 0.3) is 0 Å². The number of hydrogen-bond acceptors (Lipinski definition) is 4. The summed E-state index contributed by atoms with van der Waals surface area (Å²) < 4.78 is 23.8. The molecule has 1 aliphatic rings. The molecule has 1 aromatic carbocycles. The third-order valence-electron chi connectivity index (χ3n) is 3.65. The van der Waals surface area contributed by atoms with Crippen molar-refractivity contribution in [2.24, 2.45) is 0 Å². The van der Waals surface area contributed by atoms with Gasteiger partial charge in [-0.1, -0.05) is 17.7 Å². The Labute approximate surface area is 139 Å². The molecule has 5 nitrogen and oxygen atoms in total. The smallest absolute Gasteiger partial charge is 0.435 e. The molecule has 1 aliphatic heterocycles. The second kappa shape index (κ2) is 8.15. The summed E-state index contributed by atoms with van der Waals surface area (Å²) in [6.07, 6.45) is 0.527. The van der Waals surface area contributed by atoms with Crippen molar-refractivity contribution in [2.45, 2.75) is 38.8 Å². The van der Waals surface area contributed by atoms with Gasteiger partial charge in [0, 0.05) is 23.6 Å². The molecule has 0 bridgehead atoms. The van der Waals surface area contributed by atoms with E-state index in [0.29, 0.717) is 13.0 Å². The van der Waals surface area contributed by atoms with Crippen LogP contribution < -0.4 is 0 Å². The first-order valence-corrected chi connectivity index (χ1v) is 7.96. The molecule has 0 N–H and O–H groups in total. The minimum atomic E-state index is -0.805. The summed E-state index contributed by atoms with van der Waals surface area (Å²) in [5.41, 5.74) is 0.152. The second-order valence-electron chi connectivity index (χ2n) is 5.22. The number of carbonyl (C=O) groups is 2. The Hall–Kier alpha value is -1.82. The fourth-order valence-electron chi connectivity index (χ4n) is 2.53. The molecule has 1 saturated heterocycles. The van der Waals surface area contributed by atoms with Crippen LogP contribution in [0.15, 0.2) is 18.2 Å². The molecule has 1 amide bonds. The maximum Gasteiger partial charge on any atom is 0.510 e. The van der Waals surface area contributed by atoms with Crippen molar-refractivity contribution in [3.8, 4) is 0 Å². The molecule has 0 aliphatic carbocycles. The summed E-state index contributed by atoms with van der Waals surface area (Å²) in [7, 11) is 0. The summed E-state index contributed by atoms with van der Waals surface area (Å²) in [6, 6.07) is 4.28. The summed E-state index contributed by atoms with van der Waals surface area (Å²) in [4.78, 5) is 25.4. The average Bonchev–Trinajstić information content (AvgIpc) is 2.51. The number of hydrogen-bond donors (Lipinski definition) is 0. The van der Waals surface area contributed by atoms with E-state index in [0.717, 1.165) is 12.8 Å². The molecule has 1 heterocycles. The lowest BCUT2D eigenvalue weighted by atomic mass is 10.1. The zero-order valence-electron chi connectivity index (χ0n) is 12.9. The molecule has 1 aromatic rings. The molecule has 0 saturated carbocycles. The Morgan fingerprint density at radius 2 is 2.17 bits per heavy atom. The predicted molar refractivity (Wildman–Crippen MR) is 82.6 cm³/mol. The van der Waals surface area contributed by atoms with Gasteiger partial charge < -0.3 is 14.4 Å². The van der Waals surface area contributed by atoms with Gasteiger partial charge in [0.25, 0.3) is 0 Å². The molecule has 0 radical (unpaired) electrons. The largest absolute Gasteiger partial charge is 0.510 e. The number of ether oxygens (including phenoxy) is 2. The van der Waals surface area contributed by atoms with E-state index < -0.39 is 18.2 Å². The lowest BCUT2D eigenvalue weighted by Crippen LogP contribution is -2.46. The second-order valence-corrected chi connectivity index (χ2v) is 5.62. The Kier molecular flexibility index (Phi) is 6.21. The van der Waals surface area contributed by atoms with Crippen molar-refractivity contribution in [3.05, 3.63) is 34.6 Å². The molecule has 0 aromatic heterocycles. The zero-order valence-corrected chi connectivity index (χ0v) is 13.6. The average molecular weight is 344 g/mol. The third kappa shape index (κ3) is 4.58. The lowest BCUT2D eigenvalue weighted by Gasteiger charge is -2.34. The van der Waals surface area contributed by atoms with Crippen molar-refractivity contribution in [2.75, 3.05) is 13.2 Å². The van der Waals surface area contributed by atoms with E-state index in [4.69, 9.17) is 21.1 Å². The number of halogens is 2. The molecule has 1 unspecified atom stereocenters. The Morgan fingerprint density at radius 3 is 2.87 bits per heavy atom. The van der Waals surface area contributed by atoms with Crippen molar-refractivity contribution in [3.63, 3.8) is 0 Å². The number of carbonyl (C=O) groups excluding carboxylic acids is 2. The lowest BCUT2D eigenvalue weighted by molar-refractivity contribution is -0.145. The molecule has 0 spiro atoms. The van der Waals surface area contributed by atoms with Gasteiger partial charge in [-0.3, -0.25) is 4.79 Å². The maximum absolute atomic E-state index is 13.8. The monoisotopic (exact) mass is 343 g/mol. The molecule has 23 heavy (non-hydrogen) atoms. The highest BCUT2D eigenvalue weighted by atomic mass is 35.5. The van der Waals surface area contributed by atoms with Crippen LogP contribution >= 0.6 is 11.6 Å². The molecule has 1 atom stereocenters. The van der Waals surface area contributed by atoms with E-state index in [1.54, 1.807) is 6.92 Å². The molecular formula is C16H19ClFNO4. The summed E-state index contributed by atoms with van der Waals surface area (Å²) >= 11 is 5.96. The number of nitrogens with zero attached hydrogens (tertiary/aromatic N) is 1. The van der Waals surface area contributed by atoms with Gasteiger partial charge in [-0.25, -0.2) is 9.18 Å². The van der Waals surface area contributed by atoms with Crippen LogP contribution in [0.4, 0.5) is 9.18 Å². The van der Waals surface area contributed by atoms with E-state index in [9.17, 15) is 14.0 Å². The minimum Gasteiger partial charge on any atom is -0.435 e. The number of likely N-dealkylation sites (tertiary alicyclic amines) is 1.